The largest absolute Gasteiger partial charge is 0.507 e. The molecule has 0 atom stereocenters. The van der Waals surface area contributed by atoms with Gasteiger partial charge in [0.05, 0.1) is 11.1 Å². The molecule has 0 amide bonds. The molecule has 2 aliphatic heterocycles. The Morgan fingerprint density at radius 2 is 1.75 bits per heavy atom. The Bertz CT molecular complexity index is 1020. The van der Waals surface area contributed by atoms with Gasteiger partial charge in [0.1, 0.15) is 11.5 Å². The monoisotopic (exact) mass is 435 g/mol. The van der Waals surface area contributed by atoms with Crippen molar-refractivity contribution in [3.63, 3.8) is 0 Å². The average Bonchev–Trinajstić information content (AvgIpc) is 3.11. The summed E-state index contributed by atoms with van der Waals surface area (Å²) in [4.78, 5) is 20.1. The van der Waals surface area contributed by atoms with E-state index < -0.39 is 0 Å². The van der Waals surface area contributed by atoms with Crippen LogP contribution in [0.1, 0.15) is 40.9 Å². The number of likely N-dealkylation sites (N-methyl/N-ethyl adjacent to an activating group) is 1. The number of aryl methyl sites for hydroxylation is 1. The number of phenolic OH excluding ortho intramolecular Hbond substituents is 1. The molecule has 0 bridgehead atoms. The standard InChI is InChI=1S/C26H33N3O3/c1-5-29(6-2)20-9-7-19(8-10-20)16-23-25(31)24-18(3)15-22(30)21(26(24)32-23)17-28-13-11-27(4)12-14-28/h7-10,15-16,30H,5-6,11-14,17H2,1-4H3/b23-16-. The van der Waals surface area contributed by atoms with Crippen molar-refractivity contribution in [2.45, 2.75) is 27.3 Å². The number of anilines is 1. The van der Waals surface area contributed by atoms with Crippen molar-refractivity contribution in [1.29, 1.82) is 0 Å². The van der Waals surface area contributed by atoms with Crippen LogP contribution in [-0.4, -0.2) is 67.0 Å². The zero-order valence-electron chi connectivity index (χ0n) is 19.5. The highest BCUT2D eigenvalue weighted by molar-refractivity contribution is 6.15. The van der Waals surface area contributed by atoms with Crippen LogP contribution in [-0.2, 0) is 6.54 Å². The van der Waals surface area contributed by atoms with Crippen LogP contribution in [0.15, 0.2) is 36.1 Å². The third-order valence-electron chi connectivity index (χ3n) is 6.52. The molecule has 0 aliphatic carbocycles. The molecule has 170 valence electrons. The summed E-state index contributed by atoms with van der Waals surface area (Å²) in [5, 5.41) is 10.7. The van der Waals surface area contributed by atoms with E-state index in [2.05, 4.69) is 47.7 Å². The fourth-order valence-electron chi connectivity index (χ4n) is 4.48. The summed E-state index contributed by atoms with van der Waals surface area (Å²) in [6.45, 7) is 12.4. The fourth-order valence-corrected chi connectivity index (χ4v) is 4.48. The highest BCUT2D eigenvalue weighted by Crippen LogP contribution is 2.42. The molecule has 0 unspecified atom stereocenters. The number of ketones is 1. The number of allylic oxidation sites excluding steroid dienone is 1. The van der Waals surface area contributed by atoms with E-state index >= 15 is 0 Å². The van der Waals surface area contributed by atoms with Crippen LogP contribution >= 0.6 is 0 Å². The first-order valence-electron chi connectivity index (χ1n) is 11.5. The number of fused-ring (bicyclic) bond motifs is 1. The summed E-state index contributed by atoms with van der Waals surface area (Å²) in [6.07, 6.45) is 1.80. The Labute approximate surface area is 190 Å². The van der Waals surface area contributed by atoms with E-state index in [1.54, 1.807) is 12.1 Å². The smallest absolute Gasteiger partial charge is 0.232 e. The number of benzene rings is 2. The molecule has 1 N–H and O–H groups in total. The first kappa shape index (κ1) is 22.4. The van der Waals surface area contributed by atoms with Crippen LogP contribution in [0.4, 0.5) is 5.69 Å². The van der Waals surface area contributed by atoms with Gasteiger partial charge in [0, 0.05) is 51.5 Å². The number of hydrogen-bond donors (Lipinski definition) is 1. The second-order valence-electron chi connectivity index (χ2n) is 8.68. The van der Waals surface area contributed by atoms with Gasteiger partial charge in [-0.2, -0.15) is 0 Å². The number of phenols is 1. The predicted molar refractivity (Wildman–Crippen MR) is 129 cm³/mol. The minimum absolute atomic E-state index is 0.120. The van der Waals surface area contributed by atoms with Gasteiger partial charge in [0.15, 0.2) is 5.76 Å². The molecule has 0 saturated carbocycles. The van der Waals surface area contributed by atoms with Crippen LogP contribution in [0.25, 0.3) is 6.08 Å². The lowest BCUT2D eigenvalue weighted by atomic mass is 9.99. The van der Waals surface area contributed by atoms with Crippen LogP contribution in [0.3, 0.4) is 0 Å². The average molecular weight is 436 g/mol. The highest BCUT2D eigenvalue weighted by Gasteiger charge is 2.34. The molecule has 2 aliphatic rings. The Morgan fingerprint density at radius 1 is 1.09 bits per heavy atom. The number of carbonyl (C=O) groups is 1. The number of Topliss-reactive ketones (excluding diaryl/α,β-unsaturated/α-hetero) is 1. The van der Waals surface area contributed by atoms with E-state index in [9.17, 15) is 9.90 Å². The molecule has 6 heteroatoms. The van der Waals surface area contributed by atoms with Gasteiger partial charge in [-0.3, -0.25) is 9.69 Å². The van der Waals surface area contributed by atoms with Gasteiger partial charge in [-0.05, 0) is 63.2 Å². The number of carbonyl (C=O) groups excluding carboxylic acids is 1. The lowest BCUT2D eigenvalue weighted by Gasteiger charge is -2.32. The maximum atomic E-state index is 13.2. The normalized spacial score (nSPS) is 18.1. The maximum Gasteiger partial charge on any atom is 0.232 e. The van der Waals surface area contributed by atoms with Crippen molar-refractivity contribution >= 4 is 17.5 Å². The molecule has 2 aromatic carbocycles. The Morgan fingerprint density at radius 3 is 2.38 bits per heavy atom. The predicted octanol–water partition coefficient (Wildman–Crippen LogP) is 3.91. The van der Waals surface area contributed by atoms with E-state index in [-0.39, 0.29) is 11.5 Å². The number of aromatic hydroxyl groups is 1. The zero-order chi connectivity index (χ0) is 22.8. The minimum atomic E-state index is -0.120. The van der Waals surface area contributed by atoms with E-state index in [1.165, 1.54) is 0 Å². The third-order valence-corrected chi connectivity index (χ3v) is 6.52. The van der Waals surface area contributed by atoms with Crippen LogP contribution in [0, 0.1) is 6.92 Å². The molecule has 0 spiro atoms. The maximum absolute atomic E-state index is 13.2. The second-order valence-corrected chi connectivity index (χ2v) is 8.68. The molecule has 0 radical (unpaired) electrons. The van der Waals surface area contributed by atoms with Gasteiger partial charge in [-0.1, -0.05) is 12.1 Å². The molecular formula is C26H33N3O3. The van der Waals surface area contributed by atoms with Gasteiger partial charge in [-0.25, -0.2) is 0 Å². The molecule has 4 rings (SSSR count). The van der Waals surface area contributed by atoms with Crippen molar-refractivity contribution in [1.82, 2.24) is 9.80 Å². The number of rotatable bonds is 6. The third kappa shape index (κ3) is 4.38. The molecule has 6 nitrogen and oxygen atoms in total. The Kier molecular flexibility index (Phi) is 6.53. The molecule has 1 saturated heterocycles. The first-order chi connectivity index (χ1) is 15.4. The summed E-state index contributed by atoms with van der Waals surface area (Å²) in [6, 6.07) is 9.85. The number of ether oxygens (including phenoxy) is 1. The lowest BCUT2D eigenvalue weighted by Crippen LogP contribution is -2.43. The molecule has 2 heterocycles. The minimum Gasteiger partial charge on any atom is -0.507 e. The second kappa shape index (κ2) is 9.35. The zero-order valence-corrected chi connectivity index (χ0v) is 19.5. The van der Waals surface area contributed by atoms with Crippen molar-refractivity contribution in [3.8, 4) is 11.5 Å². The van der Waals surface area contributed by atoms with Gasteiger partial charge in [0.2, 0.25) is 5.78 Å². The van der Waals surface area contributed by atoms with Crippen LogP contribution in [0.5, 0.6) is 11.5 Å². The summed E-state index contributed by atoms with van der Waals surface area (Å²) < 4.78 is 6.10. The van der Waals surface area contributed by atoms with Gasteiger partial charge < -0.3 is 19.6 Å². The van der Waals surface area contributed by atoms with Gasteiger partial charge in [-0.15, -0.1) is 0 Å². The SMILES string of the molecule is CCN(CC)c1ccc(/C=C2\Oc3c(CN4CCN(C)CC4)c(O)cc(C)c3C2=O)cc1. The molecular weight excluding hydrogens is 402 g/mol. The number of hydrogen-bond acceptors (Lipinski definition) is 6. The summed E-state index contributed by atoms with van der Waals surface area (Å²) in [7, 11) is 2.12. The van der Waals surface area contributed by atoms with Crippen molar-refractivity contribution in [2.75, 3.05) is 51.2 Å². The van der Waals surface area contributed by atoms with E-state index in [4.69, 9.17) is 4.74 Å². The Hall–Kier alpha value is -2.83. The fraction of sp³-hybridized carbons (Fsp3) is 0.423. The molecule has 1 fully saturated rings. The van der Waals surface area contributed by atoms with Gasteiger partial charge in [0.25, 0.3) is 0 Å². The molecule has 0 aromatic heterocycles. The first-order valence-corrected chi connectivity index (χ1v) is 11.5. The van der Waals surface area contributed by atoms with Crippen molar-refractivity contribution in [2.24, 2.45) is 0 Å². The van der Waals surface area contributed by atoms with Crippen LogP contribution in [0.2, 0.25) is 0 Å². The van der Waals surface area contributed by atoms with Crippen molar-refractivity contribution < 1.29 is 14.6 Å². The quantitative estimate of drug-likeness (QED) is 0.695. The van der Waals surface area contributed by atoms with E-state index in [0.29, 0.717) is 29.2 Å². The van der Waals surface area contributed by atoms with Crippen molar-refractivity contribution in [3.05, 3.63) is 58.3 Å². The number of piperazine rings is 1. The van der Waals surface area contributed by atoms with Gasteiger partial charge >= 0.3 is 0 Å². The summed E-state index contributed by atoms with van der Waals surface area (Å²) >= 11 is 0. The summed E-state index contributed by atoms with van der Waals surface area (Å²) in [5.74, 6) is 0.893. The number of nitrogens with zero attached hydrogens (tertiary/aromatic N) is 3. The topological polar surface area (TPSA) is 56.3 Å². The molecule has 2 aromatic rings. The summed E-state index contributed by atoms with van der Waals surface area (Å²) in [5.41, 5.74) is 4.08. The molecule has 32 heavy (non-hydrogen) atoms. The Balaban J connectivity index is 1.60. The lowest BCUT2D eigenvalue weighted by molar-refractivity contribution is 0.101. The van der Waals surface area contributed by atoms with E-state index in [1.807, 2.05) is 19.1 Å². The van der Waals surface area contributed by atoms with Crippen LogP contribution < -0.4 is 9.64 Å². The van der Waals surface area contributed by atoms with E-state index in [0.717, 1.165) is 56.1 Å². The highest BCUT2D eigenvalue weighted by atomic mass is 16.5.